The van der Waals surface area contributed by atoms with Crippen LogP contribution >= 0.6 is 0 Å². The van der Waals surface area contributed by atoms with Crippen LogP contribution in [0.1, 0.15) is 33.9 Å². The molecule has 2 aliphatic rings. The first-order valence-electron chi connectivity index (χ1n) is 28.7. The van der Waals surface area contributed by atoms with Crippen molar-refractivity contribution in [3.63, 3.8) is 0 Å². The summed E-state index contributed by atoms with van der Waals surface area (Å²) < 4.78 is 0. The van der Waals surface area contributed by atoms with E-state index >= 15 is 0 Å². The van der Waals surface area contributed by atoms with Crippen molar-refractivity contribution in [1.82, 2.24) is 19.9 Å². The molecule has 5 heterocycles. The molecule has 394 valence electrons. The van der Waals surface area contributed by atoms with Crippen molar-refractivity contribution < 1.29 is 0 Å². The van der Waals surface area contributed by atoms with Crippen LogP contribution in [0.4, 0.5) is 0 Å². The molecule has 0 radical (unpaired) electrons. The van der Waals surface area contributed by atoms with E-state index < -0.39 is 0 Å². The number of nitrogens with zero attached hydrogens (tertiary/aromatic N) is 2. The number of H-pyrrole nitrogens is 2. The van der Waals surface area contributed by atoms with E-state index in [1.807, 2.05) is 0 Å². The maximum absolute atomic E-state index is 6.38. The number of fused-ring (bicyclic) bond motifs is 8. The van der Waals surface area contributed by atoms with Gasteiger partial charge < -0.3 is 9.97 Å². The SMILES string of the molecule is C1=Cc2nc1c(-c1ccccc1)c1[nH]c(c(-c3ccccc3)c3nc(c(-c4ccccc4)c4[nH]c(c2-c2ccccc2)c(-c2ccccc2)c4-c2ccccc2)C(c2ccccc2)=C3c2ccccc2)c(-c2ccccc2)c1-c1ccccc1. The Morgan fingerprint density at radius 3 is 0.607 bits per heavy atom. The zero-order valence-corrected chi connectivity index (χ0v) is 45.9. The van der Waals surface area contributed by atoms with Crippen LogP contribution in [0.3, 0.4) is 0 Å². The molecule has 4 nitrogen and oxygen atoms in total. The summed E-state index contributed by atoms with van der Waals surface area (Å²) >= 11 is 0. The van der Waals surface area contributed by atoms with Crippen LogP contribution in [0.25, 0.3) is 134 Å². The molecule has 15 rings (SSSR count). The van der Waals surface area contributed by atoms with Crippen LogP contribution in [0, 0.1) is 0 Å². The van der Waals surface area contributed by atoms with Gasteiger partial charge in [-0.25, -0.2) is 9.97 Å². The van der Waals surface area contributed by atoms with Gasteiger partial charge in [-0.2, -0.15) is 0 Å². The highest BCUT2D eigenvalue weighted by molar-refractivity contribution is 6.19. The maximum Gasteiger partial charge on any atom is 0.0822 e. The number of benzene rings is 10. The lowest BCUT2D eigenvalue weighted by atomic mass is 9.86. The van der Waals surface area contributed by atoms with Crippen molar-refractivity contribution in [2.45, 2.75) is 0 Å². The smallest absolute Gasteiger partial charge is 0.0822 e. The maximum atomic E-state index is 6.38. The van der Waals surface area contributed by atoms with E-state index in [0.29, 0.717) is 0 Å². The highest BCUT2D eigenvalue weighted by atomic mass is 14.8. The molecule has 10 aromatic carbocycles. The van der Waals surface area contributed by atoms with E-state index in [0.717, 1.165) is 156 Å². The Morgan fingerprint density at radius 2 is 0.369 bits per heavy atom. The molecule has 84 heavy (non-hydrogen) atoms. The summed E-state index contributed by atoms with van der Waals surface area (Å²) in [4.78, 5) is 21.0. The first-order valence-corrected chi connectivity index (χ1v) is 28.7. The summed E-state index contributed by atoms with van der Waals surface area (Å²) in [5.74, 6) is 0. The Hall–Kier alpha value is -11.2. The molecule has 0 atom stereocenters. The molecule has 0 aliphatic carbocycles. The van der Waals surface area contributed by atoms with Gasteiger partial charge in [0.1, 0.15) is 0 Å². The summed E-state index contributed by atoms with van der Waals surface area (Å²) in [6.07, 6.45) is 4.43. The van der Waals surface area contributed by atoms with Gasteiger partial charge in [0.2, 0.25) is 0 Å². The van der Waals surface area contributed by atoms with Gasteiger partial charge in [-0.1, -0.05) is 303 Å². The van der Waals surface area contributed by atoms with Crippen LogP contribution in [0.15, 0.2) is 303 Å². The number of hydrogen-bond acceptors (Lipinski definition) is 2. The summed E-state index contributed by atoms with van der Waals surface area (Å²) in [6, 6.07) is 109. The Labute approximate surface area is 488 Å². The van der Waals surface area contributed by atoms with Gasteiger partial charge in [0.15, 0.2) is 0 Å². The number of rotatable bonds is 10. The minimum Gasteiger partial charge on any atom is -0.353 e. The second kappa shape index (κ2) is 21.7. The first kappa shape index (κ1) is 49.8. The van der Waals surface area contributed by atoms with Gasteiger partial charge in [0.05, 0.1) is 44.8 Å². The predicted molar refractivity (Wildman–Crippen MR) is 351 cm³/mol. The van der Waals surface area contributed by atoms with Crippen LogP contribution < -0.4 is 0 Å². The summed E-state index contributed by atoms with van der Waals surface area (Å²) in [6.45, 7) is 0. The van der Waals surface area contributed by atoms with E-state index in [2.05, 4.69) is 325 Å². The summed E-state index contributed by atoms with van der Waals surface area (Å²) in [7, 11) is 0. The minimum atomic E-state index is 0.834. The topological polar surface area (TPSA) is 57.4 Å². The quantitative estimate of drug-likeness (QED) is 0.143. The number of aromatic nitrogens is 4. The molecular formula is C80H54N4. The zero-order valence-electron chi connectivity index (χ0n) is 45.9. The molecule has 13 aromatic rings. The van der Waals surface area contributed by atoms with Crippen molar-refractivity contribution in [3.05, 3.63) is 337 Å². The number of nitrogens with one attached hydrogen (secondary N) is 2. The zero-order chi connectivity index (χ0) is 55.8. The molecule has 0 spiro atoms. The molecule has 8 bridgehead atoms. The average molecular weight is 1070 g/mol. The van der Waals surface area contributed by atoms with E-state index in [9.17, 15) is 0 Å². The van der Waals surface area contributed by atoms with Crippen molar-refractivity contribution in [3.8, 4) is 89.0 Å². The van der Waals surface area contributed by atoms with Crippen molar-refractivity contribution in [1.29, 1.82) is 0 Å². The highest BCUT2D eigenvalue weighted by Gasteiger charge is 2.33. The lowest BCUT2D eigenvalue weighted by molar-refractivity contribution is 1.30. The van der Waals surface area contributed by atoms with E-state index in [4.69, 9.17) is 9.97 Å². The minimum absolute atomic E-state index is 0.834. The lowest BCUT2D eigenvalue weighted by Gasteiger charge is -2.15. The average Bonchev–Trinajstić information content (AvgIpc) is 1.88. The van der Waals surface area contributed by atoms with Gasteiger partial charge >= 0.3 is 0 Å². The molecule has 0 fully saturated rings. The third kappa shape index (κ3) is 8.82. The van der Waals surface area contributed by atoms with Crippen LogP contribution in [0.5, 0.6) is 0 Å². The van der Waals surface area contributed by atoms with E-state index in [-0.39, 0.29) is 0 Å². The van der Waals surface area contributed by atoms with Crippen molar-refractivity contribution in [2.24, 2.45) is 0 Å². The van der Waals surface area contributed by atoms with Crippen LogP contribution in [-0.2, 0) is 0 Å². The van der Waals surface area contributed by atoms with E-state index in [1.54, 1.807) is 0 Å². The second-order valence-corrected chi connectivity index (χ2v) is 21.2. The first-order chi connectivity index (χ1) is 41.7. The van der Waals surface area contributed by atoms with Gasteiger partial charge in [0.25, 0.3) is 0 Å². The van der Waals surface area contributed by atoms with Crippen molar-refractivity contribution in [2.75, 3.05) is 0 Å². The molecule has 0 unspecified atom stereocenters. The Balaban J connectivity index is 1.32. The number of aromatic amines is 2. The molecule has 0 amide bonds. The van der Waals surface area contributed by atoms with Gasteiger partial charge in [-0.15, -0.1) is 0 Å². The lowest BCUT2D eigenvalue weighted by Crippen LogP contribution is -1.95. The monoisotopic (exact) mass is 1070 g/mol. The fourth-order valence-electron chi connectivity index (χ4n) is 12.6. The fraction of sp³-hybridized carbons (Fsp3) is 0. The van der Waals surface area contributed by atoms with Gasteiger partial charge in [-0.3, -0.25) is 0 Å². The third-order valence-electron chi connectivity index (χ3n) is 16.2. The standard InChI is InChI=1S/C80H54N4/c1-11-31-53(32-12-1)65-63-51-52-64(81-63)66(54-33-13-2-14-34-54)76-68(56-37-17-4-18-38-56)70(58-41-21-6-22-42-58)78(83-76)74(62-49-29-10-30-50-62)80-72(60-45-25-8-26-46-60)71(59-43-23-7-24-44-59)79(84-80)73(61-47-27-9-28-48-61)77-69(57-39-19-5-20-40-57)67(75(65)82-77)55-35-15-3-16-36-55/h1-52,82-83H. The van der Waals surface area contributed by atoms with Gasteiger partial charge in [0, 0.05) is 55.7 Å². The second-order valence-electron chi connectivity index (χ2n) is 21.2. The van der Waals surface area contributed by atoms with Crippen molar-refractivity contribution >= 4 is 45.4 Å². The molecule has 4 heteroatoms. The van der Waals surface area contributed by atoms with Crippen LogP contribution in [0.2, 0.25) is 0 Å². The highest BCUT2D eigenvalue weighted by Crippen LogP contribution is 2.53. The number of hydrogen-bond donors (Lipinski definition) is 2. The molecule has 3 aromatic heterocycles. The molecule has 2 N–H and O–H groups in total. The van der Waals surface area contributed by atoms with E-state index in [1.165, 1.54) is 0 Å². The third-order valence-corrected chi connectivity index (χ3v) is 16.2. The largest absolute Gasteiger partial charge is 0.353 e. The molecule has 0 saturated carbocycles. The molecular weight excluding hydrogens is 1020 g/mol. The Kier molecular flexibility index (Phi) is 12.9. The summed E-state index contributed by atoms with van der Waals surface area (Å²) in [5, 5.41) is 0. The molecule has 0 saturated heterocycles. The molecule has 2 aliphatic heterocycles. The van der Waals surface area contributed by atoms with Crippen LogP contribution in [-0.4, -0.2) is 19.9 Å². The Morgan fingerprint density at radius 1 is 0.179 bits per heavy atom. The summed E-state index contributed by atoms with van der Waals surface area (Å²) in [5.41, 5.74) is 27.7. The normalized spacial score (nSPS) is 12.0. The van der Waals surface area contributed by atoms with Gasteiger partial charge in [-0.05, 0) is 67.8 Å². The fourth-order valence-corrected chi connectivity index (χ4v) is 12.6. The Bertz CT molecular complexity index is 4480. The predicted octanol–water partition coefficient (Wildman–Crippen LogP) is 20.8.